The summed E-state index contributed by atoms with van der Waals surface area (Å²) in [6.07, 6.45) is 3.95. The lowest BCUT2D eigenvalue weighted by Crippen LogP contribution is -2.47. The Morgan fingerprint density at radius 2 is 2.15 bits per heavy atom. The summed E-state index contributed by atoms with van der Waals surface area (Å²) in [5, 5.41) is 7.09. The molecule has 3 saturated heterocycles. The molecule has 0 aromatic carbocycles. The van der Waals surface area contributed by atoms with E-state index >= 15 is 0 Å². The quantitative estimate of drug-likeness (QED) is 0.892. The van der Waals surface area contributed by atoms with Crippen LogP contribution in [-0.4, -0.2) is 58.6 Å². The van der Waals surface area contributed by atoms with E-state index in [-0.39, 0.29) is 11.9 Å². The molecule has 1 N–H and O–H groups in total. The van der Waals surface area contributed by atoms with Crippen molar-refractivity contribution in [2.24, 2.45) is 5.92 Å². The van der Waals surface area contributed by atoms with Crippen molar-refractivity contribution in [3.8, 4) is 0 Å². The van der Waals surface area contributed by atoms with Gasteiger partial charge in [0.15, 0.2) is 0 Å². The minimum atomic E-state index is 0.114. The molecule has 3 aliphatic heterocycles. The van der Waals surface area contributed by atoms with E-state index in [1.807, 2.05) is 33.0 Å². The van der Waals surface area contributed by atoms with Crippen molar-refractivity contribution in [1.82, 2.24) is 19.9 Å². The lowest BCUT2D eigenvalue weighted by atomic mass is 9.94. The molecule has 7 heteroatoms. The molecule has 5 rings (SSSR count). The highest BCUT2D eigenvalue weighted by molar-refractivity contribution is 5.95. The Labute approximate surface area is 159 Å². The summed E-state index contributed by atoms with van der Waals surface area (Å²) < 4.78 is 5.32. The molecule has 2 aromatic rings. The van der Waals surface area contributed by atoms with Crippen LogP contribution in [0.4, 0.5) is 5.82 Å². The first-order chi connectivity index (χ1) is 13.0. The van der Waals surface area contributed by atoms with Gasteiger partial charge in [0.2, 0.25) is 0 Å². The van der Waals surface area contributed by atoms with Crippen molar-refractivity contribution in [3.63, 3.8) is 0 Å². The lowest BCUT2D eigenvalue weighted by molar-refractivity contribution is 0.0585. The summed E-state index contributed by atoms with van der Waals surface area (Å²) in [6.45, 7) is 7.56. The number of pyridine rings is 1. The molecule has 0 saturated carbocycles. The number of aromatic nitrogens is 2. The zero-order chi connectivity index (χ0) is 19.0. The van der Waals surface area contributed by atoms with Crippen LogP contribution in [0, 0.1) is 19.8 Å². The Morgan fingerprint density at radius 3 is 2.89 bits per heavy atom. The number of piperidine rings is 1. The molecular formula is C20H27N5O2. The van der Waals surface area contributed by atoms with E-state index < -0.39 is 0 Å². The molecule has 5 heterocycles. The van der Waals surface area contributed by atoms with Crippen molar-refractivity contribution in [2.45, 2.75) is 39.3 Å². The van der Waals surface area contributed by atoms with Crippen LogP contribution in [0.25, 0.3) is 0 Å². The molecule has 0 radical (unpaired) electrons. The molecule has 0 spiro atoms. The third-order valence-electron chi connectivity index (χ3n) is 5.88. The third kappa shape index (κ3) is 3.56. The van der Waals surface area contributed by atoms with Crippen molar-refractivity contribution in [3.05, 3.63) is 40.9 Å². The van der Waals surface area contributed by atoms with Crippen molar-refractivity contribution in [1.29, 1.82) is 0 Å². The van der Waals surface area contributed by atoms with Gasteiger partial charge in [-0.15, -0.1) is 0 Å². The molecule has 7 nitrogen and oxygen atoms in total. The Hall–Kier alpha value is -2.41. The van der Waals surface area contributed by atoms with E-state index in [1.54, 1.807) is 6.20 Å². The van der Waals surface area contributed by atoms with Crippen LogP contribution in [0.15, 0.2) is 22.9 Å². The summed E-state index contributed by atoms with van der Waals surface area (Å²) in [4.78, 5) is 21.9. The summed E-state index contributed by atoms with van der Waals surface area (Å²) in [6, 6.07) is 3.90. The minimum Gasteiger partial charge on any atom is -0.373 e. The molecule has 0 aliphatic carbocycles. The second kappa shape index (κ2) is 7.31. The maximum absolute atomic E-state index is 13.2. The number of hydrogen-bond acceptors (Lipinski definition) is 6. The number of anilines is 1. The largest absolute Gasteiger partial charge is 0.373 e. The normalized spacial score (nSPS) is 22.7. The summed E-state index contributed by atoms with van der Waals surface area (Å²) in [5.74, 6) is 2.25. The third-order valence-corrected chi connectivity index (χ3v) is 5.88. The number of hydrogen-bond donors (Lipinski definition) is 1. The van der Waals surface area contributed by atoms with Gasteiger partial charge in [-0.2, -0.15) is 0 Å². The second-order valence-electron chi connectivity index (χ2n) is 7.73. The van der Waals surface area contributed by atoms with Crippen molar-refractivity contribution >= 4 is 11.7 Å². The molecule has 0 unspecified atom stereocenters. The molecule has 1 amide bonds. The molecule has 3 fully saturated rings. The summed E-state index contributed by atoms with van der Waals surface area (Å²) >= 11 is 0. The topological polar surface area (TPSA) is 74.5 Å². The smallest absolute Gasteiger partial charge is 0.254 e. The van der Waals surface area contributed by atoms with Gasteiger partial charge < -0.3 is 14.7 Å². The van der Waals surface area contributed by atoms with Gasteiger partial charge in [0, 0.05) is 56.6 Å². The van der Waals surface area contributed by atoms with Gasteiger partial charge in [-0.25, -0.2) is 4.98 Å². The fourth-order valence-corrected chi connectivity index (χ4v) is 4.37. The van der Waals surface area contributed by atoms with Crippen LogP contribution in [0.3, 0.4) is 0 Å². The molecule has 2 bridgehead atoms. The number of carbonyl (C=O) groups excluding carboxylic acids is 1. The first-order valence-corrected chi connectivity index (χ1v) is 9.64. The number of aryl methyl sites for hydroxylation is 2. The molecule has 3 aliphatic rings. The van der Waals surface area contributed by atoms with Crippen LogP contribution in [0.5, 0.6) is 0 Å². The van der Waals surface area contributed by atoms with E-state index in [4.69, 9.17) is 4.52 Å². The Morgan fingerprint density at radius 1 is 1.30 bits per heavy atom. The minimum absolute atomic E-state index is 0.114. The maximum Gasteiger partial charge on any atom is 0.254 e. The predicted molar refractivity (Wildman–Crippen MR) is 103 cm³/mol. The number of nitrogens with zero attached hydrogens (tertiary/aromatic N) is 4. The van der Waals surface area contributed by atoms with Crippen LogP contribution in [-0.2, 0) is 6.54 Å². The fraction of sp³-hybridized carbons (Fsp3) is 0.550. The highest BCUT2D eigenvalue weighted by Crippen LogP contribution is 2.30. The molecule has 2 aromatic heterocycles. The average Bonchev–Trinajstić information content (AvgIpc) is 2.86. The maximum atomic E-state index is 13.2. The van der Waals surface area contributed by atoms with E-state index in [9.17, 15) is 4.79 Å². The highest BCUT2D eigenvalue weighted by Gasteiger charge is 2.37. The standard InChI is InChI=1S/C20H27N5O2/c1-13-18(14(2)27-23-13)12-24-9-15-4-5-17(11-24)25(10-15)20(26)16-6-7-22-19(8-16)21-3/h6-8,15,17H,4-5,9-12H2,1-3H3,(H,21,22)/t15-,17+/m0/s1. The first kappa shape index (κ1) is 18.0. The van der Waals surface area contributed by atoms with E-state index in [1.165, 1.54) is 12.0 Å². The number of fused-ring (bicyclic) bond motifs is 4. The number of nitrogens with one attached hydrogen (secondary N) is 1. The number of carbonyl (C=O) groups is 1. The van der Waals surface area contributed by atoms with Gasteiger partial charge in [0.1, 0.15) is 11.6 Å². The molecule has 2 atom stereocenters. The van der Waals surface area contributed by atoms with Gasteiger partial charge >= 0.3 is 0 Å². The SMILES string of the molecule is CNc1cc(C(=O)N2C[C@H]3CC[C@@H]2CN(Cc2c(C)noc2C)C3)ccn1. The van der Waals surface area contributed by atoms with Gasteiger partial charge in [-0.1, -0.05) is 5.16 Å². The van der Waals surface area contributed by atoms with Gasteiger partial charge in [0.05, 0.1) is 5.69 Å². The molecular weight excluding hydrogens is 342 g/mol. The van der Waals surface area contributed by atoms with Crippen LogP contribution < -0.4 is 5.32 Å². The van der Waals surface area contributed by atoms with E-state index in [0.717, 1.165) is 49.9 Å². The number of rotatable bonds is 4. The predicted octanol–water partition coefficient (Wildman–Crippen LogP) is 2.46. The van der Waals surface area contributed by atoms with Gasteiger partial charge in [-0.3, -0.25) is 9.69 Å². The van der Waals surface area contributed by atoms with E-state index in [0.29, 0.717) is 11.5 Å². The first-order valence-electron chi connectivity index (χ1n) is 9.64. The summed E-state index contributed by atoms with van der Waals surface area (Å²) in [7, 11) is 1.82. The second-order valence-corrected chi connectivity index (χ2v) is 7.73. The van der Waals surface area contributed by atoms with Crippen LogP contribution in [0.1, 0.15) is 40.2 Å². The summed E-state index contributed by atoms with van der Waals surface area (Å²) in [5.41, 5.74) is 2.86. The highest BCUT2D eigenvalue weighted by atomic mass is 16.5. The monoisotopic (exact) mass is 369 g/mol. The van der Waals surface area contributed by atoms with Crippen molar-refractivity contribution in [2.75, 3.05) is 32.0 Å². The zero-order valence-corrected chi connectivity index (χ0v) is 16.2. The van der Waals surface area contributed by atoms with Gasteiger partial charge in [-0.05, 0) is 44.7 Å². The van der Waals surface area contributed by atoms with Gasteiger partial charge in [0.25, 0.3) is 5.91 Å². The Balaban J connectivity index is 1.52. The Bertz CT molecular complexity index is 814. The van der Waals surface area contributed by atoms with Crippen LogP contribution in [0.2, 0.25) is 0 Å². The fourth-order valence-electron chi connectivity index (χ4n) is 4.37. The number of amides is 1. The van der Waals surface area contributed by atoms with Crippen LogP contribution >= 0.6 is 0 Å². The molecule has 144 valence electrons. The van der Waals surface area contributed by atoms with E-state index in [2.05, 4.69) is 25.3 Å². The zero-order valence-electron chi connectivity index (χ0n) is 16.2. The molecule has 27 heavy (non-hydrogen) atoms. The Kier molecular flexibility index (Phi) is 4.86. The average molecular weight is 369 g/mol. The van der Waals surface area contributed by atoms with Crippen molar-refractivity contribution < 1.29 is 9.32 Å². The lowest BCUT2D eigenvalue weighted by Gasteiger charge is -2.36.